The van der Waals surface area contributed by atoms with Gasteiger partial charge in [0.1, 0.15) is 0 Å². The van der Waals surface area contributed by atoms with Gasteiger partial charge < -0.3 is 20.6 Å². The molecule has 228 valence electrons. The molecule has 4 atom stereocenters. The summed E-state index contributed by atoms with van der Waals surface area (Å²) in [5.74, 6) is 0. The van der Waals surface area contributed by atoms with Crippen LogP contribution < -0.4 is 20.6 Å². The monoisotopic (exact) mass is 648 g/mol. The summed E-state index contributed by atoms with van der Waals surface area (Å²) in [5.41, 5.74) is 18.0. The molecule has 0 amide bonds. The van der Waals surface area contributed by atoms with E-state index in [1.807, 2.05) is 0 Å². The van der Waals surface area contributed by atoms with Crippen LogP contribution in [0, 0.1) is 0 Å². The van der Waals surface area contributed by atoms with Gasteiger partial charge in [-0.25, -0.2) is 0 Å². The van der Waals surface area contributed by atoms with Crippen molar-refractivity contribution in [3.8, 4) is 0 Å². The van der Waals surface area contributed by atoms with Crippen molar-refractivity contribution in [2.45, 2.75) is 157 Å². The fourth-order valence-corrected chi connectivity index (χ4v) is 8.82. The summed E-state index contributed by atoms with van der Waals surface area (Å²) in [5, 5.41) is 8.28. The second-order valence-corrected chi connectivity index (χ2v) is 12.2. The minimum Gasteiger partial charge on any atom is -0.664 e. The molecule has 0 saturated carbocycles. The Morgan fingerprint density at radius 2 is 0.634 bits per heavy atom. The van der Waals surface area contributed by atoms with Crippen LogP contribution in [0.1, 0.15) is 126 Å². The minimum absolute atomic E-state index is 0. The summed E-state index contributed by atoms with van der Waals surface area (Å²) < 4.78 is 0. The summed E-state index contributed by atoms with van der Waals surface area (Å²) in [7, 11) is 0. The van der Waals surface area contributed by atoms with E-state index < -0.39 is 0 Å². The number of nitrogens with one attached hydrogen (secondary N) is 2. The first kappa shape index (κ1) is 32.5. The van der Waals surface area contributed by atoms with Gasteiger partial charge in [0.15, 0.2) is 0 Å². The molecule has 5 rings (SSSR count). The van der Waals surface area contributed by atoms with Crippen molar-refractivity contribution in [3.05, 3.63) is 67.3 Å². The Hall–Kier alpha value is -1.38. The fraction of sp³-hybridized carbons (Fsp3) is 0.667. The van der Waals surface area contributed by atoms with Crippen molar-refractivity contribution in [1.29, 1.82) is 0 Å². The molecule has 0 radical (unpaired) electrons. The Kier molecular flexibility index (Phi) is 11.1. The van der Waals surface area contributed by atoms with Gasteiger partial charge in [0.25, 0.3) is 0 Å². The number of aromatic nitrogens is 2. The molecule has 5 heterocycles. The molecule has 2 N–H and O–H groups in total. The number of hydrogen-bond donors (Lipinski definition) is 2. The van der Waals surface area contributed by atoms with Crippen LogP contribution in [0.2, 0.25) is 0 Å². The largest absolute Gasteiger partial charge is 2.00 e. The van der Waals surface area contributed by atoms with E-state index in [0.717, 1.165) is 77.0 Å². The Balaban J connectivity index is 0.00000387. The summed E-state index contributed by atoms with van der Waals surface area (Å²) in [6.45, 7) is 18.7. The molecule has 0 saturated heterocycles. The minimum atomic E-state index is 0. The van der Waals surface area contributed by atoms with Gasteiger partial charge >= 0.3 is 20.4 Å². The third-order valence-electron chi connectivity index (χ3n) is 10.5. The molecule has 0 aromatic carbocycles. The van der Waals surface area contributed by atoms with Crippen molar-refractivity contribution in [2.24, 2.45) is 0 Å². The van der Waals surface area contributed by atoms with Gasteiger partial charge in [-0.3, -0.25) is 0 Å². The third-order valence-corrected chi connectivity index (χ3v) is 10.5. The van der Waals surface area contributed by atoms with Crippen LogP contribution in [0.4, 0.5) is 0 Å². The summed E-state index contributed by atoms with van der Waals surface area (Å²) >= 11 is 0. The van der Waals surface area contributed by atoms with Crippen molar-refractivity contribution in [3.63, 3.8) is 0 Å². The third kappa shape index (κ3) is 5.79. The van der Waals surface area contributed by atoms with E-state index in [0.29, 0.717) is 24.2 Å². The van der Waals surface area contributed by atoms with E-state index >= 15 is 0 Å². The summed E-state index contributed by atoms with van der Waals surface area (Å²) in [4.78, 5) is 11.0. The molecule has 3 aliphatic rings. The van der Waals surface area contributed by atoms with Crippen molar-refractivity contribution in [1.82, 2.24) is 20.6 Å². The first-order valence-electron chi connectivity index (χ1n) is 16.7. The molecule has 8 bridgehead atoms. The Bertz CT molecular complexity index is 1090. The zero-order valence-electron chi connectivity index (χ0n) is 27.0. The van der Waals surface area contributed by atoms with Gasteiger partial charge in [-0.1, -0.05) is 99.9 Å². The topological polar surface area (TPSA) is 52.3 Å². The smallest absolute Gasteiger partial charge is 0.664 e. The first-order valence-corrected chi connectivity index (χ1v) is 16.7. The summed E-state index contributed by atoms with van der Waals surface area (Å²) in [6, 6.07) is 1.53. The maximum atomic E-state index is 5.48. The van der Waals surface area contributed by atoms with Crippen LogP contribution in [0.3, 0.4) is 0 Å². The van der Waals surface area contributed by atoms with E-state index in [1.165, 1.54) is 45.0 Å². The molecule has 0 spiro atoms. The maximum absolute atomic E-state index is 5.48. The van der Waals surface area contributed by atoms with Crippen molar-refractivity contribution in [2.75, 3.05) is 0 Å². The quantitative estimate of drug-likeness (QED) is 0.249. The standard InChI is InChI=1S/C36H54N4.Pd/c1-9-21-22(10-2)30-18-32-25(13-5)26(14-6)34(39-32)20-36-28(16-8)27(15-7)35(40-36)19-33-24(12-4)23(11-3)31(38-33)17-29(21)37-30;/h29-30,35-37,40H,9-20H2,1-8H3;/q-2;+2. The SMILES string of the molecule is CCC1=C(CC)C2Cc3[n-]c(c(CC)c3CC)CC3NC(Cc4[n-]c(c(CC)c4CC)CC1N2)C(CC)=C3CC.[Pd+2]. The number of rotatable bonds is 8. The first-order chi connectivity index (χ1) is 19.5. The average molecular weight is 649 g/mol. The zero-order valence-corrected chi connectivity index (χ0v) is 28.6. The molecular formula is C36H54N4Pd. The Morgan fingerprint density at radius 1 is 0.415 bits per heavy atom. The van der Waals surface area contributed by atoms with Crippen molar-refractivity contribution >= 4 is 0 Å². The van der Waals surface area contributed by atoms with E-state index in [9.17, 15) is 0 Å². The van der Waals surface area contributed by atoms with E-state index in [-0.39, 0.29) is 20.4 Å². The predicted octanol–water partition coefficient (Wildman–Crippen LogP) is 6.65. The molecule has 4 nitrogen and oxygen atoms in total. The molecule has 3 aliphatic heterocycles. The van der Waals surface area contributed by atoms with Crippen LogP contribution in [0.25, 0.3) is 0 Å². The normalized spacial score (nSPS) is 24.4. The van der Waals surface area contributed by atoms with Crippen LogP contribution in [-0.2, 0) is 71.8 Å². The second-order valence-electron chi connectivity index (χ2n) is 12.2. The Labute approximate surface area is 264 Å². The molecule has 5 heteroatoms. The van der Waals surface area contributed by atoms with Gasteiger partial charge in [-0.2, -0.15) is 22.8 Å². The van der Waals surface area contributed by atoms with Crippen molar-refractivity contribution < 1.29 is 20.4 Å². The van der Waals surface area contributed by atoms with Crippen LogP contribution in [0.5, 0.6) is 0 Å². The van der Waals surface area contributed by atoms with Crippen LogP contribution >= 0.6 is 0 Å². The molecule has 41 heavy (non-hydrogen) atoms. The number of fused-ring (bicyclic) bond motifs is 8. The number of nitrogens with zero attached hydrogens (tertiary/aromatic N) is 2. The van der Waals surface area contributed by atoms with E-state index in [1.54, 1.807) is 22.3 Å². The van der Waals surface area contributed by atoms with E-state index in [2.05, 4.69) is 66.0 Å². The molecular weight excluding hydrogens is 595 g/mol. The van der Waals surface area contributed by atoms with Gasteiger partial charge in [0.2, 0.25) is 0 Å². The number of hydrogen-bond acceptors (Lipinski definition) is 2. The van der Waals surface area contributed by atoms with Gasteiger partial charge in [0, 0.05) is 24.2 Å². The molecule has 0 aliphatic carbocycles. The van der Waals surface area contributed by atoms with Crippen LogP contribution in [0.15, 0.2) is 22.3 Å². The maximum Gasteiger partial charge on any atom is 2.00 e. The van der Waals surface area contributed by atoms with Crippen LogP contribution in [-0.4, -0.2) is 24.2 Å². The molecule has 0 fully saturated rings. The zero-order chi connectivity index (χ0) is 28.6. The fourth-order valence-electron chi connectivity index (χ4n) is 8.82. The van der Waals surface area contributed by atoms with Gasteiger partial charge in [0.05, 0.1) is 0 Å². The average Bonchev–Trinajstić information content (AvgIpc) is 3.67. The second kappa shape index (κ2) is 13.9. The molecule has 2 aromatic heterocycles. The van der Waals surface area contributed by atoms with E-state index in [4.69, 9.17) is 9.97 Å². The molecule has 2 aromatic rings. The van der Waals surface area contributed by atoms with Gasteiger partial charge in [-0.05, 0) is 77.0 Å². The molecule has 4 unspecified atom stereocenters. The van der Waals surface area contributed by atoms with Gasteiger partial charge in [-0.15, -0.1) is 0 Å². The predicted molar refractivity (Wildman–Crippen MR) is 168 cm³/mol. The Morgan fingerprint density at radius 3 is 0.805 bits per heavy atom. The summed E-state index contributed by atoms with van der Waals surface area (Å²) in [6.07, 6.45) is 12.8.